The molecule has 0 heterocycles. The van der Waals surface area contributed by atoms with Crippen molar-refractivity contribution in [3.8, 4) is 0 Å². The maximum atomic E-state index is 11.3. The highest BCUT2D eigenvalue weighted by atomic mass is 16.3. The first-order chi connectivity index (χ1) is 10.4. The van der Waals surface area contributed by atoms with Gasteiger partial charge in [0.25, 0.3) is 0 Å². The molecule has 2 aliphatic rings. The quantitative estimate of drug-likeness (QED) is 0.850. The number of carbonyl (C=O) groups excluding carboxylic acids is 1. The van der Waals surface area contributed by atoms with E-state index in [1.165, 1.54) is 0 Å². The molecule has 1 aromatic rings. The average Bonchev–Trinajstić information content (AvgIpc) is 2.72. The van der Waals surface area contributed by atoms with Crippen molar-refractivity contribution in [1.82, 2.24) is 0 Å². The van der Waals surface area contributed by atoms with Gasteiger partial charge in [-0.1, -0.05) is 43.8 Å². The molecule has 0 aliphatic heterocycles. The van der Waals surface area contributed by atoms with Gasteiger partial charge in [0.05, 0.1) is 5.60 Å². The third-order valence-electron chi connectivity index (χ3n) is 6.29. The van der Waals surface area contributed by atoms with E-state index >= 15 is 0 Å². The zero-order valence-corrected chi connectivity index (χ0v) is 13.6. The Morgan fingerprint density at radius 2 is 2.09 bits per heavy atom. The number of allylic oxidation sites excluding steroid dienone is 1. The Bertz CT molecular complexity index is 575. The molecule has 22 heavy (non-hydrogen) atoms. The number of hydrogen-bond acceptors (Lipinski definition) is 2. The summed E-state index contributed by atoms with van der Waals surface area (Å²) in [6.45, 7) is 8.62. The van der Waals surface area contributed by atoms with Crippen molar-refractivity contribution in [2.24, 2.45) is 23.2 Å². The molecule has 5 unspecified atom stereocenters. The largest absolute Gasteiger partial charge is 0.390 e. The molecule has 0 saturated heterocycles. The van der Waals surface area contributed by atoms with E-state index in [2.05, 4.69) is 25.6 Å². The topological polar surface area (TPSA) is 37.3 Å². The minimum absolute atomic E-state index is 0.145. The molecular formula is C20H26O2. The molecule has 1 aromatic carbocycles. The summed E-state index contributed by atoms with van der Waals surface area (Å²) in [5, 5.41) is 10.9. The summed E-state index contributed by atoms with van der Waals surface area (Å²) < 4.78 is 0. The summed E-state index contributed by atoms with van der Waals surface area (Å²) in [7, 11) is 0. The lowest BCUT2D eigenvalue weighted by atomic mass is 9.58. The minimum Gasteiger partial charge on any atom is -0.390 e. The number of carbonyl (C=O) groups is 1. The highest BCUT2D eigenvalue weighted by Gasteiger charge is 2.60. The van der Waals surface area contributed by atoms with E-state index in [9.17, 15) is 9.90 Å². The maximum absolute atomic E-state index is 11.3. The molecule has 3 rings (SSSR count). The number of benzene rings is 1. The van der Waals surface area contributed by atoms with Gasteiger partial charge in [-0.15, -0.1) is 0 Å². The number of hydrogen-bond donors (Lipinski definition) is 1. The van der Waals surface area contributed by atoms with E-state index in [0.717, 1.165) is 36.7 Å². The molecule has 2 saturated carbocycles. The lowest BCUT2D eigenvalue weighted by molar-refractivity contribution is -0.110. The van der Waals surface area contributed by atoms with Crippen molar-refractivity contribution >= 4 is 11.9 Å². The van der Waals surface area contributed by atoms with Crippen LogP contribution in [0.4, 0.5) is 0 Å². The summed E-state index contributed by atoms with van der Waals surface area (Å²) in [5.74, 6) is 1.03. The predicted molar refractivity (Wildman–Crippen MR) is 89.2 cm³/mol. The highest BCUT2D eigenvalue weighted by Crippen LogP contribution is 2.65. The third kappa shape index (κ3) is 2.25. The van der Waals surface area contributed by atoms with E-state index < -0.39 is 5.60 Å². The van der Waals surface area contributed by atoms with Crippen LogP contribution in [0.25, 0.3) is 5.57 Å². The smallest absolute Gasteiger partial charge is 0.120 e. The fraction of sp³-hybridized carbons (Fsp3) is 0.550. The summed E-state index contributed by atoms with van der Waals surface area (Å²) in [6, 6.07) is 10.3. The molecule has 2 heteroatoms. The normalized spacial score (nSPS) is 40.4. The molecule has 1 N–H and O–H groups in total. The van der Waals surface area contributed by atoms with E-state index in [0.29, 0.717) is 18.3 Å². The monoisotopic (exact) mass is 298 g/mol. The predicted octanol–water partition coefficient (Wildman–Crippen LogP) is 4.09. The van der Waals surface area contributed by atoms with E-state index in [4.69, 9.17) is 0 Å². The van der Waals surface area contributed by atoms with E-state index in [1.54, 1.807) is 0 Å². The Labute approximate surface area is 133 Å². The van der Waals surface area contributed by atoms with Gasteiger partial charge in [0, 0.05) is 11.8 Å². The van der Waals surface area contributed by atoms with Crippen LogP contribution in [-0.4, -0.2) is 17.0 Å². The van der Waals surface area contributed by atoms with Crippen LogP contribution in [0.15, 0.2) is 36.9 Å². The number of aldehydes is 1. The molecule has 2 bridgehead atoms. The van der Waals surface area contributed by atoms with Gasteiger partial charge in [-0.25, -0.2) is 0 Å². The van der Waals surface area contributed by atoms with Crippen LogP contribution in [0, 0.1) is 23.2 Å². The van der Waals surface area contributed by atoms with Crippen LogP contribution >= 0.6 is 0 Å². The first-order valence-electron chi connectivity index (χ1n) is 8.31. The lowest BCUT2D eigenvalue weighted by Crippen LogP contribution is -2.37. The first-order valence-corrected chi connectivity index (χ1v) is 8.31. The van der Waals surface area contributed by atoms with E-state index in [-0.39, 0.29) is 11.3 Å². The molecule has 0 spiro atoms. The van der Waals surface area contributed by atoms with Crippen LogP contribution in [-0.2, 0) is 4.79 Å². The Morgan fingerprint density at radius 1 is 1.41 bits per heavy atom. The Balaban J connectivity index is 2.06. The summed E-state index contributed by atoms with van der Waals surface area (Å²) >= 11 is 0. The van der Waals surface area contributed by atoms with Crippen LogP contribution in [0.2, 0.25) is 0 Å². The average molecular weight is 298 g/mol. The molecule has 118 valence electrons. The summed E-state index contributed by atoms with van der Waals surface area (Å²) in [5.41, 5.74) is 1.45. The fourth-order valence-electron chi connectivity index (χ4n) is 5.23. The standard InChI is InChI=1S/C20H26O2/c1-14-11-17-12-20(13-19(17,3)22,18(14)9-10-21)15(2)16-7-5-4-6-8-16/h4-8,10,14,17-18,22H,2,9,11-13H2,1,3H3. The van der Waals surface area contributed by atoms with E-state index in [1.807, 2.05) is 25.1 Å². The Kier molecular flexibility index (Phi) is 3.76. The highest BCUT2D eigenvalue weighted by molar-refractivity contribution is 5.70. The van der Waals surface area contributed by atoms with Crippen molar-refractivity contribution in [2.75, 3.05) is 0 Å². The molecule has 2 fully saturated rings. The van der Waals surface area contributed by atoms with Crippen molar-refractivity contribution < 1.29 is 9.90 Å². The van der Waals surface area contributed by atoms with Crippen LogP contribution in [0.3, 0.4) is 0 Å². The van der Waals surface area contributed by atoms with Gasteiger partial charge >= 0.3 is 0 Å². The zero-order valence-electron chi connectivity index (χ0n) is 13.6. The van der Waals surface area contributed by atoms with Crippen molar-refractivity contribution in [2.45, 2.75) is 45.1 Å². The SMILES string of the molecule is C=C(c1ccccc1)C12CC(CC(C)C1CC=O)C(C)(O)C2. The zero-order chi connectivity index (χ0) is 16.0. The second-order valence-corrected chi connectivity index (χ2v) is 7.66. The Hall–Kier alpha value is -1.41. The lowest BCUT2D eigenvalue weighted by Gasteiger charge is -2.45. The van der Waals surface area contributed by atoms with Gasteiger partial charge in [-0.05, 0) is 55.1 Å². The Morgan fingerprint density at radius 3 is 2.73 bits per heavy atom. The molecule has 2 aliphatic carbocycles. The molecule has 5 atom stereocenters. The van der Waals surface area contributed by atoms with Gasteiger partial charge in [-0.2, -0.15) is 0 Å². The van der Waals surface area contributed by atoms with Gasteiger partial charge < -0.3 is 9.90 Å². The van der Waals surface area contributed by atoms with Crippen LogP contribution in [0.1, 0.15) is 45.1 Å². The number of aliphatic hydroxyl groups is 1. The van der Waals surface area contributed by atoms with Crippen LogP contribution in [0.5, 0.6) is 0 Å². The van der Waals surface area contributed by atoms with Gasteiger partial charge in [0.15, 0.2) is 0 Å². The number of rotatable bonds is 4. The third-order valence-corrected chi connectivity index (χ3v) is 6.29. The summed E-state index contributed by atoms with van der Waals surface area (Å²) in [4.78, 5) is 11.3. The molecule has 0 amide bonds. The van der Waals surface area contributed by atoms with Gasteiger partial charge in [0.2, 0.25) is 0 Å². The minimum atomic E-state index is -0.649. The molecule has 0 radical (unpaired) electrons. The van der Waals surface area contributed by atoms with Crippen LogP contribution < -0.4 is 0 Å². The van der Waals surface area contributed by atoms with Crippen molar-refractivity contribution in [3.05, 3.63) is 42.5 Å². The van der Waals surface area contributed by atoms with Gasteiger partial charge in [-0.3, -0.25) is 0 Å². The van der Waals surface area contributed by atoms with Crippen molar-refractivity contribution in [3.63, 3.8) is 0 Å². The molecule has 0 aromatic heterocycles. The molecule has 2 nitrogen and oxygen atoms in total. The molecular weight excluding hydrogens is 272 g/mol. The maximum Gasteiger partial charge on any atom is 0.120 e. The summed E-state index contributed by atoms with van der Waals surface area (Å²) in [6.07, 6.45) is 4.30. The number of fused-ring (bicyclic) bond motifs is 2. The first kappa shape index (κ1) is 15.5. The van der Waals surface area contributed by atoms with Crippen molar-refractivity contribution in [1.29, 1.82) is 0 Å². The fourth-order valence-corrected chi connectivity index (χ4v) is 5.23. The second-order valence-electron chi connectivity index (χ2n) is 7.66. The van der Waals surface area contributed by atoms with Gasteiger partial charge in [0.1, 0.15) is 6.29 Å². The second kappa shape index (κ2) is 5.34.